The molecule has 0 bridgehead atoms. The van der Waals surface area contributed by atoms with Gasteiger partial charge in [-0.15, -0.1) is 11.3 Å². The molecule has 1 aromatic rings. The molecule has 0 aromatic carbocycles. The summed E-state index contributed by atoms with van der Waals surface area (Å²) in [4.78, 5) is 9.49. The van der Waals surface area contributed by atoms with Crippen LogP contribution in [0.15, 0.2) is 11.2 Å². The molecule has 1 atom stereocenters. The van der Waals surface area contributed by atoms with Crippen LogP contribution in [0.25, 0.3) is 0 Å². The summed E-state index contributed by atoms with van der Waals surface area (Å²) < 4.78 is 0.567. The zero-order valence-electron chi connectivity index (χ0n) is 8.61. The first-order chi connectivity index (χ1) is 7.79. The number of amidine groups is 1. The SMILES string of the molecule is N#CNC1=NCCCC1Cc1cnc(Cl)s1. The number of thiazole rings is 1. The molecule has 0 spiro atoms. The van der Waals surface area contributed by atoms with Crippen molar-refractivity contribution in [2.75, 3.05) is 6.54 Å². The van der Waals surface area contributed by atoms with E-state index in [-0.39, 0.29) is 0 Å². The van der Waals surface area contributed by atoms with Gasteiger partial charge in [0.1, 0.15) is 5.84 Å². The van der Waals surface area contributed by atoms with Crippen molar-refractivity contribution in [3.63, 3.8) is 0 Å². The number of hydrogen-bond donors (Lipinski definition) is 1. The maximum absolute atomic E-state index is 8.63. The zero-order chi connectivity index (χ0) is 11.4. The van der Waals surface area contributed by atoms with E-state index in [4.69, 9.17) is 16.9 Å². The van der Waals surface area contributed by atoms with E-state index in [2.05, 4.69) is 15.3 Å². The Labute approximate surface area is 103 Å². The van der Waals surface area contributed by atoms with Gasteiger partial charge in [-0.25, -0.2) is 4.98 Å². The minimum absolute atomic E-state index is 0.296. The number of halogens is 1. The zero-order valence-corrected chi connectivity index (χ0v) is 10.2. The molecular formula is C10H11ClN4S. The van der Waals surface area contributed by atoms with Gasteiger partial charge < -0.3 is 0 Å². The first kappa shape index (κ1) is 11.4. The molecule has 0 amide bonds. The number of hydrogen-bond acceptors (Lipinski definition) is 5. The van der Waals surface area contributed by atoms with Gasteiger partial charge in [0.15, 0.2) is 10.7 Å². The van der Waals surface area contributed by atoms with Crippen molar-refractivity contribution in [2.45, 2.75) is 19.3 Å². The summed E-state index contributed by atoms with van der Waals surface area (Å²) >= 11 is 7.27. The molecule has 84 valence electrons. The number of aromatic nitrogens is 1. The van der Waals surface area contributed by atoms with E-state index in [0.29, 0.717) is 10.4 Å². The Morgan fingerprint density at radius 2 is 2.56 bits per heavy atom. The molecule has 0 aliphatic carbocycles. The summed E-state index contributed by atoms with van der Waals surface area (Å²) in [5, 5.41) is 11.3. The maximum Gasteiger partial charge on any atom is 0.183 e. The topological polar surface area (TPSA) is 61.1 Å². The third-order valence-electron chi connectivity index (χ3n) is 2.54. The van der Waals surface area contributed by atoms with Crippen LogP contribution < -0.4 is 5.32 Å². The summed E-state index contributed by atoms with van der Waals surface area (Å²) in [6, 6.07) is 0. The van der Waals surface area contributed by atoms with Crippen molar-refractivity contribution < 1.29 is 0 Å². The van der Waals surface area contributed by atoms with Crippen LogP contribution in [0.1, 0.15) is 17.7 Å². The fourth-order valence-corrected chi connectivity index (χ4v) is 2.88. The molecule has 4 nitrogen and oxygen atoms in total. The lowest BCUT2D eigenvalue weighted by atomic mass is 9.95. The highest BCUT2D eigenvalue weighted by atomic mass is 35.5. The minimum Gasteiger partial charge on any atom is -0.280 e. The normalized spacial score (nSPS) is 20.0. The van der Waals surface area contributed by atoms with E-state index >= 15 is 0 Å². The Bertz CT molecular complexity index is 434. The maximum atomic E-state index is 8.63. The Morgan fingerprint density at radius 3 is 3.25 bits per heavy atom. The van der Waals surface area contributed by atoms with Crippen molar-refractivity contribution in [3.05, 3.63) is 15.5 Å². The van der Waals surface area contributed by atoms with Gasteiger partial charge in [0.05, 0.1) is 0 Å². The second kappa shape index (κ2) is 5.28. The molecule has 16 heavy (non-hydrogen) atoms. The monoisotopic (exact) mass is 254 g/mol. The molecule has 1 aromatic heterocycles. The van der Waals surface area contributed by atoms with Crippen molar-refractivity contribution in [1.29, 1.82) is 5.26 Å². The summed E-state index contributed by atoms with van der Waals surface area (Å²) in [7, 11) is 0. The van der Waals surface area contributed by atoms with E-state index in [1.54, 1.807) is 6.20 Å². The summed E-state index contributed by atoms with van der Waals surface area (Å²) in [5.41, 5.74) is 0. The number of aliphatic imine (C=N–C) groups is 1. The smallest absolute Gasteiger partial charge is 0.183 e. The predicted octanol–water partition coefficient (Wildman–Crippen LogP) is 2.22. The largest absolute Gasteiger partial charge is 0.280 e. The van der Waals surface area contributed by atoms with E-state index in [0.717, 1.165) is 36.5 Å². The van der Waals surface area contributed by atoms with E-state index in [9.17, 15) is 0 Å². The molecule has 0 fully saturated rings. The Balaban J connectivity index is 2.05. The van der Waals surface area contributed by atoms with Gasteiger partial charge in [-0.2, -0.15) is 5.26 Å². The fraction of sp³-hybridized carbons (Fsp3) is 0.500. The lowest BCUT2D eigenvalue weighted by molar-refractivity contribution is 0.557. The van der Waals surface area contributed by atoms with Gasteiger partial charge >= 0.3 is 0 Å². The Kier molecular flexibility index (Phi) is 3.75. The van der Waals surface area contributed by atoms with E-state index < -0.39 is 0 Å². The van der Waals surface area contributed by atoms with Crippen molar-refractivity contribution in [1.82, 2.24) is 10.3 Å². The lowest BCUT2D eigenvalue weighted by Gasteiger charge is -2.20. The molecule has 2 heterocycles. The average molecular weight is 255 g/mol. The fourth-order valence-electron chi connectivity index (χ4n) is 1.82. The summed E-state index contributed by atoms with van der Waals surface area (Å²) in [6.07, 6.45) is 6.73. The molecular weight excluding hydrogens is 244 g/mol. The number of rotatable bonds is 2. The average Bonchev–Trinajstić information content (AvgIpc) is 2.67. The molecule has 2 rings (SSSR count). The first-order valence-electron chi connectivity index (χ1n) is 5.09. The highest BCUT2D eigenvalue weighted by Crippen LogP contribution is 2.24. The van der Waals surface area contributed by atoms with Crippen molar-refractivity contribution in [2.24, 2.45) is 10.9 Å². The molecule has 0 saturated heterocycles. The second-order valence-corrected chi connectivity index (χ2v) is 5.32. The minimum atomic E-state index is 0.296. The van der Waals surface area contributed by atoms with Crippen LogP contribution in [0.5, 0.6) is 0 Å². The van der Waals surface area contributed by atoms with Gasteiger partial charge in [-0.3, -0.25) is 10.3 Å². The second-order valence-electron chi connectivity index (χ2n) is 3.63. The molecule has 6 heteroatoms. The summed E-state index contributed by atoms with van der Waals surface area (Å²) in [5.74, 6) is 1.10. The molecule has 0 radical (unpaired) electrons. The Hall–Kier alpha value is -1.12. The molecule has 1 aliphatic rings. The van der Waals surface area contributed by atoms with Crippen LogP contribution >= 0.6 is 22.9 Å². The van der Waals surface area contributed by atoms with Crippen LogP contribution in [0.3, 0.4) is 0 Å². The third kappa shape index (κ3) is 2.71. The van der Waals surface area contributed by atoms with Crippen LogP contribution in [0.4, 0.5) is 0 Å². The van der Waals surface area contributed by atoms with E-state index in [1.807, 2.05) is 6.19 Å². The summed E-state index contributed by atoms with van der Waals surface area (Å²) in [6.45, 7) is 0.809. The quantitative estimate of drug-likeness (QED) is 0.650. The van der Waals surface area contributed by atoms with Crippen LogP contribution in [0.2, 0.25) is 4.47 Å². The molecule has 1 N–H and O–H groups in total. The third-order valence-corrected chi connectivity index (χ3v) is 3.67. The van der Waals surface area contributed by atoms with Gasteiger partial charge in [-0.05, 0) is 19.3 Å². The number of nitriles is 1. The highest BCUT2D eigenvalue weighted by Gasteiger charge is 2.20. The Morgan fingerprint density at radius 1 is 1.69 bits per heavy atom. The van der Waals surface area contributed by atoms with Gasteiger partial charge in [0, 0.05) is 23.5 Å². The van der Waals surface area contributed by atoms with E-state index in [1.165, 1.54) is 11.3 Å². The van der Waals surface area contributed by atoms with Gasteiger partial charge in [-0.1, -0.05) is 11.6 Å². The standard InChI is InChI=1S/C10H11ClN4S/c11-10-14-5-8(16-10)4-7-2-1-3-13-9(7)15-6-12/h5,7H,1-4H2,(H,13,15). The van der Waals surface area contributed by atoms with Crippen molar-refractivity contribution in [3.8, 4) is 6.19 Å². The van der Waals surface area contributed by atoms with Crippen LogP contribution in [-0.2, 0) is 6.42 Å². The lowest BCUT2D eigenvalue weighted by Crippen LogP contribution is -2.31. The van der Waals surface area contributed by atoms with Gasteiger partial charge in [0.25, 0.3) is 0 Å². The number of nitrogens with one attached hydrogen (secondary N) is 1. The van der Waals surface area contributed by atoms with Crippen LogP contribution in [-0.4, -0.2) is 17.4 Å². The number of nitrogens with zero attached hydrogens (tertiary/aromatic N) is 3. The molecule has 0 saturated carbocycles. The van der Waals surface area contributed by atoms with Gasteiger partial charge in [0.2, 0.25) is 0 Å². The highest BCUT2D eigenvalue weighted by molar-refractivity contribution is 7.15. The molecule has 1 unspecified atom stereocenters. The van der Waals surface area contributed by atoms with Crippen molar-refractivity contribution >= 4 is 28.8 Å². The van der Waals surface area contributed by atoms with Crippen LogP contribution in [0, 0.1) is 17.4 Å². The molecule has 1 aliphatic heterocycles. The first-order valence-corrected chi connectivity index (χ1v) is 6.28. The predicted molar refractivity (Wildman–Crippen MR) is 64.6 cm³/mol.